The van der Waals surface area contributed by atoms with Crippen molar-refractivity contribution in [2.75, 3.05) is 12.4 Å². The zero-order valence-electron chi connectivity index (χ0n) is 14.5. The van der Waals surface area contributed by atoms with Crippen LogP contribution in [-0.4, -0.2) is 28.1 Å². The fourth-order valence-corrected chi connectivity index (χ4v) is 3.28. The van der Waals surface area contributed by atoms with E-state index in [2.05, 4.69) is 20.4 Å². The van der Waals surface area contributed by atoms with Crippen LogP contribution in [0.2, 0.25) is 0 Å². The maximum atomic E-state index is 12.4. The summed E-state index contributed by atoms with van der Waals surface area (Å²) in [5.74, 6) is 1.32. The summed E-state index contributed by atoms with van der Waals surface area (Å²) >= 11 is 1.57. The van der Waals surface area contributed by atoms with E-state index in [1.165, 1.54) is 0 Å². The largest absolute Gasteiger partial charge is 0.481 e. The number of nitrogens with zero attached hydrogens (tertiary/aromatic N) is 3. The first kappa shape index (κ1) is 17.2. The van der Waals surface area contributed by atoms with Crippen LogP contribution < -0.4 is 10.1 Å². The first-order chi connectivity index (χ1) is 13.2. The van der Waals surface area contributed by atoms with Crippen LogP contribution in [0.1, 0.15) is 12.3 Å². The van der Waals surface area contributed by atoms with Gasteiger partial charge < -0.3 is 14.6 Å². The van der Waals surface area contributed by atoms with Gasteiger partial charge in [0.05, 0.1) is 18.3 Å². The molecule has 0 aliphatic carbocycles. The van der Waals surface area contributed by atoms with E-state index in [1.807, 2.05) is 41.1 Å². The Morgan fingerprint density at radius 2 is 2.15 bits per heavy atom. The number of hydrogen-bond donors (Lipinski definition) is 1. The molecule has 1 N–H and O–H groups in total. The molecule has 0 unspecified atom stereocenters. The van der Waals surface area contributed by atoms with Gasteiger partial charge in [0.15, 0.2) is 0 Å². The molecule has 0 fully saturated rings. The quantitative estimate of drug-likeness (QED) is 0.545. The summed E-state index contributed by atoms with van der Waals surface area (Å²) in [6.45, 7) is 0. The second-order valence-electron chi connectivity index (χ2n) is 5.80. The highest BCUT2D eigenvalue weighted by molar-refractivity contribution is 7.08. The Kier molecular flexibility index (Phi) is 4.80. The predicted octanol–water partition coefficient (Wildman–Crippen LogP) is 3.93. The van der Waals surface area contributed by atoms with Gasteiger partial charge in [-0.1, -0.05) is 17.3 Å². The third-order valence-corrected chi connectivity index (χ3v) is 4.67. The summed E-state index contributed by atoms with van der Waals surface area (Å²) in [4.78, 5) is 21.1. The molecule has 1 aromatic carbocycles. The molecular weight excluding hydrogens is 364 g/mol. The number of para-hydroxylation sites is 1. The lowest BCUT2D eigenvalue weighted by Gasteiger charge is -2.08. The third kappa shape index (κ3) is 3.80. The number of anilines is 1. The molecule has 3 aromatic heterocycles. The molecule has 0 saturated heterocycles. The number of pyridine rings is 1. The number of ether oxygens (including phenoxy) is 1. The second kappa shape index (κ2) is 7.55. The highest BCUT2D eigenvalue weighted by atomic mass is 32.1. The van der Waals surface area contributed by atoms with Crippen molar-refractivity contribution in [3.05, 3.63) is 53.0 Å². The van der Waals surface area contributed by atoms with Crippen LogP contribution in [0, 0.1) is 0 Å². The molecule has 0 aliphatic heterocycles. The van der Waals surface area contributed by atoms with Crippen molar-refractivity contribution in [3.63, 3.8) is 0 Å². The number of nitrogens with one attached hydrogen (secondary N) is 1. The number of aryl methyl sites for hydroxylation is 1. The van der Waals surface area contributed by atoms with Crippen LogP contribution in [0.15, 0.2) is 51.7 Å². The SMILES string of the molecule is COc1ccc2cccc(NC(=O)CCc3nc(-c4ccsc4)no3)c2n1. The number of rotatable bonds is 6. The highest BCUT2D eigenvalue weighted by Gasteiger charge is 2.12. The van der Waals surface area contributed by atoms with Crippen molar-refractivity contribution in [2.24, 2.45) is 0 Å². The Bertz CT molecular complexity index is 1080. The summed E-state index contributed by atoms with van der Waals surface area (Å²) in [7, 11) is 1.56. The van der Waals surface area contributed by atoms with E-state index in [9.17, 15) is 4.79 Å². The number of amides is 1. The van der Waals surface area contributed by atoms with Gasteiger partial charge in [-0.2, -0.15) is 16.3 Å². The Labute approximate surface area is 159 Å². The minimum atomic E-state index is -0.151. The van der Waals surface area contributed by atoms with Gasteiger partial charge >= 0.3 is 0 Å². The Hall–Kier alpha value is -3.26. The second-order valence-corrected chi connectivity index (χ2v) is 6.58. The standard InChI is InChI=1S/C19H16N4O3S/c1-25-16-7-5-12-3-2-4-14(18(12)21-16)20-15(24)6-8-17-22-19(23-26-17)13-9-10-27-11-13/h2-5,7,9-11H,6,8H2,1H3,(H,20,24). The molecule has 0 saturated carbocycles. The number of carbonyl (C=O) groups excluding carboxylic acids is 1. The molecule has 7 nitrogen and oxygen atoms in total. The molecule has 8 heteroatoms. The predicted molar refractivity (Wildman–Crippen MR) is 103 cm³/mol. The van der Waals surface area contributed by atoms with Crippen LogP contribution >= 0.6 is 11.3 Å². The van der Waals surface area contributed by atoms with E-state index in [-0.39, 0.29) is 12.3 Å². The number of fused-ring (bicyclic) bond motifs is 1. The fraction of sp³-hybridized carbons (Fsp3) is 0.158. The smallest absolute Gasteiger partial charge is 0.227 e. The molecule has 0 atom stereocenters. The number of methoxy groups -OCH3 is 1. The molecule has 0 bridgehead atoms. The van der Waals surface area contributed by atoms with Gasteiger partial charge in [-0.05, 0) is 23.6 Å². The van der Waals surface area contributed by atoms with Crippen molar-refractivity contribution >= 4 is 33.8 Å². The van der Waals surface area contributed by atoms with E-state index >= 15 is 0 Å². The molecule has 4 rings (SSSR count). The van der Waals surface area contributed by atoms with E-state index in [4.69, 9.17) is 9.26 Å². The zero-order chi connectivity index (χ0) is 18.6. The summed E-state index contributed by atoms with van der Waals surface area (Å²) in [6, 6.07) is 11.2. The van der Waals surface area contributed by atoms with E-state index in [0.29, 0.717) is 35.2 Å². The van der Waals surface area contributed by atoms with Gasteiger partial charge in [-0.3, -0.25) is 4.79 Å². The number of hydrogen-bond acceptors (Lipinski definition) is 7. The molecular formula is C19H16N4O3S. The van der Waals surface area contributed by atoms with Gasteiger partial charge in [-0.15, -0.1) is 0 Å². The molecule has 0 spiro atoms. The lowest BCUT2D eigenvalue weighted by atomic mass is 10.2. The zero-order valence-corrected chi connectivity index (χ0v) is 15.3. The van der Waals surface area contributed by atoms with Crippen molar-refractivity contribution in [1.29, 1.82) is 0 Å². The van der Waals surface area contributed by atoms with Crippen molar-refractivity contribution < 1.29 is 14.1 Å². The summed E-state index contributed by atoms with van der Waals surface area (Å²) in [5, 5.41) is 11.7. The number of benzene rings is 1. The van der Waals surface area contributed by atoms with E-state index < -0.39 is 0 Å². The minimum Gasteiger partial charge on any atom is -0.481 e. The summed E-state index contributed by atoms with van der Waals surface area (Å²) in [5.41, 5.74) is 2.24. The van der Waals surface area contributed by atoms with Gasteiger partial charge in [-0.25, -0.2) is 4.98 Å². The Morgan fingerprint density at radius 1 is 1.22 bits per heavy atom. The minimum absolute atomic E-state index is 0.151. The van der Waals surface area contributed by atoms with Crippen LogP contribution in [0.25, 0.3) is 22.3 Å². The third-order valence-electron chi connectivity index (χ3n) is 3.99. The van der Waals surface area contributed by atoms with Crippen LogP contribution in [0.4, 0.5) is 5.69 Å². The highest BCUT2D eigenvalue weighted by Crippen LogP contribution is 2.24. The monoisotopic (exact) mass is 380 g/mol. The van der Waals surface area contributed by atoms with Crippen LogP contribution in [0.5, 0.6) is 5.88 Å². The fourth-order valence-electron chi connectivity index (χ4n) is 2.64. The molecule has 4 aromatic rings. The number of aromatic nitrogens is 3. The normalized spacial score (nSPS) is 10.9. The average molecular weight is 380 g/mol. The lowest BCUT2D eigenvalue weighted by molar-refractivity contribution is -0.116. The summed E-state index contributed by atoms with van der Waals surface area (Å²) < 4.78 is 10.4. The van der Waals surface area contributed by atoms with Crippen molar-refractivity contribution in [3.8, 4) is 17.3 Å². The molecule has 27 heavy (non-hydrogen) atoms. The van der Waals surface area contributed by atoms with Gasteiger partial charge in [0.1, 0.15) is 0 Å². The van der Waals surface area contributed by atoms with E-state index in [1.54, 1.807) is 24.5 Å². The molecule has 3 heterocycles. The van der Waals surface area contributed by atoms with Crippen LogP contribution in [0.3, 0.4) is 0 Å². The number of thiophene rings is 1. The molecule has 0 aliphatic rings. The first-order valence-corrected chi connectivity index (χ1v) is 9.26. The Balaban J connectivity index is 1.43. The maximum Gasteiger partial charge on any atom is 0.227 e. The van der Waals surface area contributed by atoms with Gasteiger partial charge in [0.2, 0.25) is 23.5 Å². The first-order valence-electron chi connectivity index (χ1n) is 8.32. The molecule has 136 valence electrons. The topological polar surface area (TPSA) is 90.1 Å². The van der Waals surface area contributed by atoms with Gasteiger partial charge in [0.25, 0.3) is 0 Å². The average Bonchev–Trinajstić information content (AvgIpc) is 3.38. The maximum absolute atomic E-state index is 12.4. The van der Waals surface area contributed by atoms with Crippen LogP contribution in [-0.2, 0) is 11.2 Å². The molecule has 1 amide bonds. The number of carbonyl (C=O) groups is 1. The Morgan fingerprint density at radius 3 is 2.96 bits per heavy atom. The van der Waals surface area contributed by atoms with E-state index in [0.717, 1.165) is 10.9 Å². The van der Waals surface area contributed by atoms with Crippen molar-refractivity contribution in [2.45, 2.75) is 12.8 Å². The molecule has 0 radical (unpaired) electrons. The van der Waals surface area contributed by atoms with Crippen molar-refractivity contribution in [1.82, 2.24) is 15.1 Å². The van der Waals surface area contributed by atoms with Gasteiger partial charge in [0, 0.05) is 35.2 Å². The summed E-state index contributed by atoms with van der Waals surface area (Å²) in [6.07, 6.45) is 0.593. The lowest BCUT2D eigenvalue weighted by Crippen LogP contribution is -2.13.